The van der Waals surface area contributed by atoms with E-state index in [1.165, 1.54) is 24.5 Å². The Morgan fingerprint density at radius 3 is 2.92 bits per heavy atom. The molecule has 25 heavy (non-hydrogen) atoms. The van der Waals surface area contributed by atoms with E-state index in [0.29, 0.717) is 23.7 Å². The van der Waals surface area contributed by atoms with Crippen LogP contribution < -0.4 is 0 Å². The topological polar surface area (TPSA) is 89.9 Å². The lowest BCUT2D eigenvalue weighted by Crippen LogP contribution is -2.47. The van der Waals surface area contributed by atoms with Gasteiger partial charge in [0.25, 0.3) is 5.22 Å². The van der Waals surface area contributed by atoms with Crippen LogP contribution in [0.1, 0.15) is 45.9 Å². The molecule has 1 amide bonds. The van der Waals surface area contributed by atoms with Gasteiger partial charge >= 0.3 is 0 Å². The Labute approximate surface area is 151 Å². The first kappa shape index (κ1) is 17.9. The summed E-state index contributed by atoms with van der Waals surface area (Å²) >= 11 is 1.36. The number of nitrogens with zero attached hydrogens (tertiary/aromatic N) is 6. The molecule has 3 rings (SSSR count). The maximum atomic E-state index is 13.0. The molecule has 8 nitrogen and oxygen atoms in total. The third-order valence-corrected chi connectivity index (χ3v) is 5.74. The molecule has 0 aromatic carbocycles. The van der Waals surface area contributed by atoms with Gasteiger partial charge in [-0.05, 0) is 32.1 Å². The van der Waals surface area contributed by atoms with E-state index in [-0.39, 0.29) is 17.1 Å². The van der Waals surface area contributed by atoms with Crippen LogP contribution in [0, 0.1) is 5.92 Å². The first-order chi connectivity index (χ1) is 12.0. The van der Waals surface area contributed by atoms with Gasteiger partial charge in [-0.3, -0.25) is 4.79 Å². The Morgan fingerprint density at radius 1 is 1.40 bits per heavy atom. The largest absolute Gasteiger partial charge is 0.414 e. The molecular formula is C16H24N6O2S. The molecule has 1 saturated heterocycles. The second kappa shape index (κ2) is 7.99. The fraction of sp³-hybridized carbons (Fsp3) is 0.688. The molecule has 9 heteroatoms. The zero-order valence-corrected chi connectivity index (χ0v) is 15.6. The monoisotopic (exact) mass is 364 g/mol. The first-order valence-electron chi connectivity index (χ1n) is 8.66. The van der Waals surface area contributed by atoms with Crippen molar-refractivity contribution < 1.29 is 9.21 Å². The molecule has 0 aliphatic carbocycles. The summed E-state index contributed by atoms with van der Waals surface area (Å²) in [6.45, 7) is 7.44. The first-order valence-corrected chi connectivity index (χ1v) is 9.54. The van der Waals surface area contributed by atoms with Gasteiger partial charge < -0.3 is 9.32 Å². The molecule has 0 N–H and O–H groups in total. The van der Waals surface area contributed by atoms with Gasteiger partial charge in [-0.15, -0.1) is 10.2 Å². The standard InChI is InChI=1S/C16H24N6O2S/c1-11(2)14(15(23)22-7-5-4-6-12(22)3)25-16-20-19-13(24-16)8-21-10-17-9-18-21/h9-12,14H,4-8H2,1-3H3. The summed E-state index contributed by atoms with van der Waals surface area (Å²) in [7, 11) is 0. The Hall–Kier alpha value is -1.90. The van der Waals surface area contributed by atoms with Gasteiger partial charge in [0.1, 0.15) is 19.2 Å². The molecule has 136 valence electrons. The quantitative estimate of drug-likeness (QED) is 0.726. The van der Waals surface area contributed by atoms with Crippen LogP contribution in [0.25, 0.3) is 0 Å². The van der Waals surface area contributed by atoms with Gasteiger partial charge in [0, 0.05) is 12.6 Å². The zero-order chi connectivity index (χ0) is 17.8. The van der Waals surface area contributed by atoms with E-state index in [1.807, 2.05) is 4.90 Å². The van der Waals surface area contributed by atoms with Crippen LogP contribution in [-0.2, 0) is 11.3 Å². The van der Waals surface area contributed by atoms with Gasteiger partial charge in [-0.1, -0.05) is 25.6 Å². The van der Waals surface area contributed by atoms with Crippen LogP contribution in [0.2, 0.25) is 0 Å². The highest BCUT2D eigenvalue weighted by Crippen LogP contribution is 2.30. The molecule has 1 aliphatic heterocycles. The minimum Gasteiger partial charge on any atom is -0.414 e. The average molecular weight is 364 g/mol. The molecule has 0 saturated carbocycles. The number of thioether (sulfide) groups is 1. The number of likely N-dealkylation sites (tertiary alicyclic amines) is 1. The SMILES string of the molecule is CC(C)C(Sc1nnc(Cn2cncn2)o1)C(=O)N1CCCCC1C. The van der Waals surface area contributed by atoms with E-state index in [0.717, 1.165) is 19.4 Å². The van der Waals surface area contributed by atoms with Crippen molar-refractivity contribution in [2.45, 2.75) is 63.1 Å². The van der Waals surface area contributed by atoms with Crippen molar-refractivity contribution in [1.29, 1.82) is 0 Å². The average Bonchev–Trinajstić information content (AvgIpc) is 3.24. The normalized spacial score (nSPS) is 19.4. The number of rotatable bonds is 6. The van der Waals surface area contributed by atoms with Crippen molar-refractivity contribution >= 4 is 17.7 Å². The molecule has 1 fully saturated rings. The summed E-state index contributed by atoms with van der Waals surface area (Å²) in [6.07, 6.45) is 6.40. The minimum atomic E-state index is -0.222. The Bertz CT molecular complexity index is 687. The lowest BCUT2D eigenvalue weighted by molar-refractivity contribution is -0.134. The van der Waals surface area contributed by atoms with Gasteiger partial charge in [0.15, 0.2) is 0 Å². The van der Waals surface area contributed by atoms with E-state index in [4.69, 9.17) is 4.42 Å². The van der Waals surface area contributed by atoms with Gasteiger partial charge in [-0.2, -0.15) is 5.10 Å². The zero-order valence-electron chi connectivity index (χ0n) is 14.8. The third kappa shape index (κ3) is 4.39. The number of amides is 1. The minimum absolute atomic E-state index is 0.170. The predicted octanol–water partition coefficient (Wildman–Crippen LogP) is 2.23. The second-order valence-corrected chi connectivity index (χ2v) is 7.81. The maximum absolute atomic E-state index is 13.0. The summed E-state index contributed by atoms with van der Waals surface area (Å²) in [4.78, 5) is 18.9. The molecule has 0 radical (unpaired) electrons. The smallest absolute Gasteiger partial charge is 0.277 e. The third-order valence-electron chi connectivity index (χ3n) is 4.37. The number of carbonyl (C=O) groups is 1. The molecule has 2 aromatic heterocycles. The highest BCUT2D eigenvalue weighted by molar-refractivity contribution is 8.00. The predicted molar refractivity (Wildman–Crippen MR) is 92.9 cm³/mol. The lowest BCUT2D eigenvalue weighted by Gasteiger charge is -2.36. The molecule has 2 unspecified atom stereocenters. The summed E-state index contributed by atoms with van der Waals surface area (Å²) < 4.78 is 7.30. The van der Waals surface area contributed by atoms with E-state index in [1.54, 1.807) is 11.0 Å². The van der Waals surface area contributed by atoms with Crippen LogP contribution in [0.3, 0.4) is 0 Å². The van der Waals surface area contributed by atoms with E-state index < -0.39 is 0 Å². The summed E-state index contributed by atoms with van der Waals surface area (Å²) in [6, 6.07) is 0.300. The van der Waals surface area contributed by atoms with Crippen LogP contribution >= 0.6 is 11.8 Å². The second-order valence-electron chi connectivity index (χ2n) is 6.71. The van der Waals surface area contributed by atoms with Crippen molar-refractivity contribution in [3.8, 4) is 0 Å². The van der Waals surface area contributed by atoms with Crippen molar-refractivity contribution in [3.63, 3.8) is 0 Å². The van der Waals surface area contributed by atoms with Gasteiger partial charge in [0.05, 0.1) is 5.25 Å². The number of carbonyl (C=O) groups excluding carboxylic acids is 1. The van der Waals surface area contributed by atoms with Gasteiger partial charge in [-0.25, -0.2) is 9.67 Å². The van der Waals surface area contributed by atoms with Crippen molar-refractivity contribution in [1.82, 2.24) is 29.9 Å². The molecule has 2 aromatic rings. The van der Waals surface area contributed by atoms with Crippen molar-refractivity contribution in [3.05, 3.63) is 18.5 Å². The number of aromatic nitrogens is 5. The molecule has 0 spiro atoms. The number of hydrogen-bond donors (Lipinski definition) is 0. The summed E-state index contributed by atoms with van der Waals surface area (Å²) in [5.74, 6) is 0.801. The molecule has 3 heterocycles. The molecule has 1 aliphatic rings. The fourth-order valence-electron chi connectivity index (χ4n) is 2.97. The Kier molecular flexibility index (Phi) is 5.72. The van der Waals surface area contributed by atoms with Crippen LogP contribution in [-0.4, -0.2) is 53.6 Å². The summed E-state index contributed by atoms with van der Waals surface area (Å²) in [5.41, 5.74) is 0. The molecule has 2 atom stereocenters. The van der Waals surface area contributed by atoms with Crippen molar-refractivity contribution in [2.75, 3.05) is 6.54 Å². The van der Waals surface area contributed by atoms with Crippen LogP contribution in [0.4, 0.5) is 0 Å². The van der Waals surface area contributed by atoms with Crippen molar-refractivity contribution in [2.24, 2.45) is 5.92 Å². The van der Waals surface area contributed by atoms with E-state index in [2.05, 4.69) is 41.1 Å². The summed E-state index contributed by atoms with van der Waals surface area (Å²) in [5, 5.41) is 12.3. The van der Waals surface area contributed by atoms with Gasteiger partial charge in [0.2, 0.25) is 11.8 Å². The molecule has 0 bridgehead atoms. The number of piperidine rings is 1. The van der Waals surface area contributed by atoms with Crippen LogP contribution in [0.5, 0.6) is 0 Å². The maximum Gasteiger partial charge on any atom is 0.277 e. The number of hydrogen-bond acceptors (Lipinski definition) is 7. The van der Waals surface area contributed by atoms with Crippen LogP contribution in [0.15, 0.2) is 22.3 Å². The fourth-order valence-corrected chi connectivity index (χ4v) is 3.93. The van der Waals surface area contributed by atoms with E-state index in [9.17, 15) is 4.79 Å². The highest BCUT2D eigenvalue weighted by atomic mass is 32.2. The Balaban J connectivity index is 1.67. The molecular weight excluding hydrogens is 340 g/mol. The highest BCUT2D eigenvalue weighted by Gasteiger charge is 2.33. The van der Waals surface area contributed by atoms with E-state index >= 15 is 0 Å². The lowest BCUT2D eigenvalue weighted by atomic mass is 10.0. The Morgan fingerprint density at radius 2 is 2.24 bits per heavy atom.